The number of rotatable bonds is 1. The summed E-state index contributed by atoms with van der Waals surface area (Å²) in [5.41, 5.74) is 8.18. The average molecular weight is 212 g/mol. The van der Waals surface area contributed by atoms with Gasteiger partial charge in [0.2, 0.25) is 0 Å². The molecule has 1 aromatic heterocycles. The lowest BCUT2D eigenvalue weighted by Gasteiger charge is -2.11. The van der Waals surface area contributed by atoms with Crippen molar-refractivity contribution in [2.45, 2.75) is 5.92 Å². The lowest BCUT2D eigenvalue weighted by Crippen LogP contribution is -2.05. The predicted octanol–water partition coefficient (Wildman–Crippen LogP) is 1.62. The van der Waals surface area contributed by atoms with Crippen molar-refractivity contribution in [1.82, 2.24) is 9.97 Å². The third kappa shape index (κ3) is 1.31. The smallest absolute Gasteiger partial charge is 0.135 e. The van der Waals surface area contributed by atoms with E-state index in [1.54, 1.807) is 0 Å². The van der Waals surface area contributed by atoms with Crippen LogP contribution in [0.2, 0.25) is 0 Å². The van der Waals surface area contributed by atoms with Gasteiger partial charge in [-0.05, 0) is 5.56 Å². The molecule has 80 valence electrons. The van der Waals surface area contributed by atoms with E-state index in [1.807, 2.05) is 18.2 Å². The summed E-state index contributed by atoms with van der Waals surface area (Å²) in [5.74, 6) is 1.70. The van der Waals surface area contributed by atoms with Gasteiger partial charge >= 0.3 is 0 Å². The zero-order valence-corrected chi connectivity index (χ0v) is 8.72. The molecule has 4 heteroatoms. The first-order valence-electron chi connectivity index (χ1n) is 5.25. The van der Waals surface area contributed by atoms with Crippen molar-refractivity contribution in [2.75, 3.05) is 17.6 Å². The van der Waals surface area contributed by atoms with Crippen molar-refractivity contribution in [3.05, 3.63) is 47.8 Å². The minimum Gasteiger partial charge on any atom is -0.383 e. The molecular formula is C12H12N4. The molecule has 0 fully saturated rings. The molecule has 0 radical (unpaired) electrons. The number of nitrogens with zero attached hydrogens (tertiary/aromatic N) is 2. The standard InChI is InChI=1S/C12H12N4/c13-11-10-9(8-4-2-1-3-5-8)6-14-12(10)16-7-15-11/h1-5,7,9H,6H2,(H3,13,14,15,16). The highest BCUT2D eigenvalue weighted by Gasteiger charge is 2.27. The van der Waals surface area contributed by atoms with Crippen LogP contribution in [0.1, 0.15) is 17.0 Å². The van der Waals surface area contributed by atoms with Crippen molar-refractivity contribution in [1.29, 1.82) is 0 Å². The number of hydrogen-bond donors (Lipinski definition) is 2. The first-order valence-corrected chi connectivity index (χ1v) is 5.25. The zero-order chi connectivity index (χ0) is 11.0. The SMILES string of the molecule is Nc1ncnc2c1C(c1ccccc1)CN2. The van der Waals surface area contributed by atoms with Gasteiger partial charge < -0.3 is 11.1 Å². The number of aromatic nitrogens is 2. The normalized spacial score (nSPS) is 17.9. The molecular weight excluding hydrogens is 200 g/mol. The van der Waals surface area contributed by atoms with Crippen LogP contribution < -0.4 is 11.1 Å². The fourth-order valence-corrected chi connectivity index (χ4v) is 2.16. The molecule has 1 unspecified atom stereocenters. The summed E-state index contributed by atoms with van der Waals surface area (Å²) in [7, 11) is 0. The summed E-state index contributed by atoms with van der Waals surface area (Å²) >= 11 is 0. The van der Waals surface area contributed by atoms with Crippen LogP contribution in [0.25, 0.3) is 0 Å². The Bertz CT molecular complexity index is 510. The van der Waals surface area contributed by atoms with Crippen LogP contribution in [0.4, 0.5) is 11.6 Å². The van der Waals surface area contributed by atoms with Gasteiger partial charge in [0.1, 0.15) is 18.0 Å². The second kappa shape index (κ2) is 3.48. The second-order valence-electron chi connectivity index (χ2n) is 3.87. The van der Waals surface area contributed by atoms with Crippen LogP contribution >= 0.6 is 0 Å². The van der Waals surface area contributed by atoms with Crippen LogP contribution in [0.15, 0.2) is 36.7 Å². The van der Waals surface area contributed by atoms with Gasteiger partial charge in [-0.15, -0.1) is 0 Å². The Kier molecular flexibility index (Phi) is 1.99. The van der Waals surface area contributed by atoms with Gasteiger partial charge in [0.15, 0.2) is 0 Å². The van der Waals surface area contributed by atoms with Gasteiger partial charge in [-0.3, -0.25) is 0 Å². The third-order valence-electron chi connectivity index (χ3n) is 2.94. The number of anilines is 2. The maximum Gasteiger partial charge on any atom is 0.135 e. The first kappa shape index (κ1) is 9.15. The van der Waals surface area contributed by atoms with E-state index in [0.29, 0.717) is 5.82 Å². The first-order chi connectivity index (χ1) is 7.86. The van der Waals surface area contributed by atoms with Gasteiger partial charge in [0.05, 0.1) is 0 Å². The van der Waals surface area contributed by atoms with Crippen LogP contribution in [0.3, 0.4) is 0 Å². The molecule has 3 rings (SSSR count). The Hall–Kier alpha value is -2.10. The monoisotopic (exact) mass is 212 g/mol. The quantitative estimate of drug-likeness (QED) is 0.754. The molecule has 0 saturated carbocycles. The molecule has 1 aromatic carbocycles. The Morgan fingerprint density at radius 3 is 2.81 bits per heavy atom. The van der Waals surface area contributed by atoms with E-state index in [2.05, 4.69) is 27.4 Å². The van der Waals surface area contributed by atoms with Crippen molar-refractivity contribution in [2.24, 2.45) is 0 Å². The molecule has 16 heavy (non-hydrogen) atoms. The number of nitrogens with one attached hydrogen (secondary N) is 1. The fraction of sp³-hybridized carbons (Fsp3) is 0.167. The molecule has 3 N–H and O–H groups in total. The molecule has 2 heterocycles. The zero-order valence-electron chi connectivity index (χ0n) is 8.72. The van der Waals surface area contributed by atoms with E-state index < -0.39 is 0 Å². The second-order valence-corrected chi connectivity index (χ2v) is 3.87. The third-order valence-corrected chi connectivity index (χ3v) is 2.94. The summed E-state index contributed by atoms with van der Waals surface area (Å²) in [4.78, 5) is 8.25. The van der Waals surface area contributed by atoms with Crippen LogP contribution in [-0.2, 0) is 0 Å². The van der Waals surface area contributed by atoms with E-state index >= 15 is 0 Å². The topological polar surface area (TPSA) is 63.8 Å². The minimum atomic E-state index is 0.261. The molecule has 0 saturated heterocycles. The van der Waals surface area contributed by atoms with Crippen LogP contribution in [0.5, 0.6) is 0 Å². The minimum absolute atomic E-state index is 0.261. The molecule has 2 aromatic rings. The number of benzene rings is 1. The van der Waals surface area contributed by atoms with Crippen molar-refractivity contribution in [3.63, 3.8) is 0 Å². The lowest BCUT2D eigenvalue weighted by atomic mass is 9.94. The molecule has 0 spiro atoms. The summed E-state index contributed by atoms with van der Waals surface area (Å²) < 4.78 is 0. The number of fused-ring (bicyclic) bond motifs is 1. The largest absolute Gasteiger partial charge is 0.383 e. The highest BCUT2D eigenvalue weighted by Crippen LogP contribution is 2.37. The van der Waals surface area contributed by atoms with Gasteiger partial charge in [-0.2, -0.15) is 0 Å². The molecule has 0 amide bonds. The summed E-state index contributed by atoms with van der Waals surface area (Å²) in [6, 6.07) is 10.3. The van der Waals surface area contributed by atoms with Crippen LogP contribution in [-0.4, -0.2) is 16.5 Å². The molecule has 1 aliphatic rings. The summed E-state index contributed by atoms with van der Waals surface area (Å²) in [6.45, 7) is 0.836. The van der Waals surface area contributed by atoms with Gasteiger partial charge in [-0.25, -0.2) is 9.97 Å². The molecule has 4 nitrogen and oxygen atoms in total. The number of nitrogens with two attached hydrogens (primary N) is 1. The van der Waals surface area contributed by atoms with E-state index in [-0.39, 0.29) is 5.92 Å². The highest BCUT2D eigenvalue weighted by molar-refractivity contribution is 5.63. The average Bonchev–Trinajstić information content (AvgIpc) is 2.75. The van der Waals surface area contributed by atoms with E-state index in [4.69, 9.17) is 5.73 Å². The Morgan fingerprint density at radius 2 is 2.00 bits per heavy atom. The Labute approximate surface area is 93.5 Å². The Morgan fingerprint density at radius 1 is 1.19 bits per heavy atom. The fourth-order valence-electron chi connectivity index (χ4n) is 2.16. The predicted molar refractivity (Wildman–Crippen MR) is 63.2 cm³/mol. The summed E-state index contributed by atoms with van der Waals surface area (Å²) in [6.07, 6.45) is 1.49. The van der Waals surface area contributed by atoms with Crippen LogP contribution in [0, 0.1) is 0 Å². The Balaban J connectivity index is 2.10. The maximum absolute atomic E-state index is 5.91. The molecule has 0 aliphatic carbocycles. The van der Waals surface area contributed by atoms with Gasteiger partial charge in [0, 0.05) is 18.0 Å². The molecule has 1 aliphatic heterocycles. The van der Waals surface area contributed by atoms with E-state index in [9.17, 15) is 0 Å². The summed E-state index contributed by atoms with van der Waals surface area (Å²) in [5, 5.41) is 3.26. The molecule has 1 atom stereocenters. The van der Waals surface area contributed by atoms with Crippen molar-refractivity contribution in [3.8, 4) is 0 Å². The lowest BCUT2D eigenvalue weighted by molar-refractivity contribution is 0.904. The highest BCUT2D eigenvalue weighted by atomic mass is 15.1. The van der Waals surface area contributed by atoms with Gasteiger partial charge in [0.25, 0.3) is 0 Å². The van der Waals surface area contributed by atoms with E-state index in [0.717, 1.165) is 17.9 Å². The molecule has 0 bridgehead atoms. The van der Waals surface area contributed by atoms with E-state index in [1.165, 1.54) is 11.9 Å². The number of hydrogen-bond acceptors (Lipinski definition) is 4. The van der Waals surface area contributed by atoms with Gasteiger partial charge in [-0.1, -0.05) is 30.3 Å². The van der Waals surface area contributed by atoms with Crippen molar-refractivity contribution >= 4 is 11.6 Å². The van der Waals surface area contributed by atoms with Crippen molar-refractivity contribution < 1.29 is 0 Å². The number of nitrogen functional groups attached to an aromatic ring is 1. The maximum atomic E-state index is 5.91.